The molecule has 13 heavy (non-hydrogen) atoms. The summed E-state index contributed by atoms with van der Waals surface area (Å²) < 4.78 is 5.25. The van der Waals surface area contributed by atoms with Crippen LogP contribution in [0.15, 0.2) is 0 Å². The van der Waals surface area contributed by atoms with Crippen molar-refractivity contribution < 1.29 is 20.1 Å². The van der Waals surface area contributed by atoms with Gasteiger partial charge in [-0.25, -0.2) is 0 Å². The molecular formula is C9H20O4. The van der Waals surface area contributed by atoms with Crippen molar-refractivity contribution in [1.82, 2.24) is 0 Å². The van der Waals surface area contributed by atoms with Crippen LogP contribution < -0.4 is 0 Å². The second-order valence-corrected chi connectivity index (χ2v) is 3.61. The van der Waals surface area contributed by atoms with Crippen LogP contribution in [0, 0.1) is 5.41 Å². The van der Waals surface area contributed by atoms with Gasteiger partial charge in [0.25, 0.3) is 0 Å². The highest BCUT2D eigenvalue weighted by molar-refractivity contribution is 4.70. The zero-order valence-electron chi connectivity index (χ0n) is 8.20. The van der Waals surface area contributed by atoms with Gasteiger partial charge in [-0.3, -0.25) is 0 Å². The summed E-state index contributed by atoms with van der Waals surface area (Å²) in [7, 11) is 0. The second kappa shape index (κ2) is 7.26. The molecule has 0 fully saturated rings. The summed E-state index contributed by atoms with van der Waals surface area (Å²) in [5, 5.41) is 26.3. The topological polar surface area (TPSA) is 69.9 Å². The van der Waals surface area contributed by atoms with E-state index in [2.05, 4.69) is 0 Å². The number of unbranched alkanes of at least 4 members (excludes halogenated alkanes) is 1. The zero-order valence-corrected chi connectivity index (χ0v) is 8.20. The van der Waals surface area contributed by atoms with Crippen LogP contribution in [0.4, 0.5) is 0 Å². The molecule has 0 aliphatic carbocycles. The molecule has 0 rings (SSSR count). The molecule has 3 N–H and O–H groups in total. The smallest absolute Gasteiger partial charge is 0.0563 e. The molecule has 0 unspecified atom stereocenters. The fourth-order valence-corrected chi connectivity index (χ4v) is 0.776. The van der Waals surface area contributed by atoms with E-state index in [0.29, 0.717) is 13.2 Å². The van der Waals surface area contributed by atoms with Gasteiger partial charge in [-0.2, -0.15) is 0 Å². The molecule has 0 aliphatic heterocycles. The third-order valence-electron chi connectivity index (χ3n) is 1.91. The van der Waals surface area contributed by atoms with Gasteiger partial charge in [-0.15, -0.1) is 0 Å². The Balaban J connectivity index is 3.39. The minimum Gasteiger partial charge on any atom is -0.396 e. The van der Waals surface area contributed by atoms with Gasteiger partial charge in [0.15, 0.2) is 0 Å². The predicted octanol–water partition coefficient (Wildman–Crippen LogP) is -0.234. The molecule has 0 aromatic heterocycles. The normalized spacial score (nSPS) is 12.0. The second-order valence-electron chi connectivity index (χ2n) is 3.61. The molecule has 0 saturated heterocycles. The van der Waals surface area contributed by atoms with Gasteiger partial charge < -0.3 is 20.1 Å². The summed E-state index contributed by atoms with van der Waals surface area (Å²) in [6, 6.07) is 0. The summed E-state index contributed by atoms with van der Waals surface area (Å²) in [5.74, 6) is 0. The average Bonchev–Trinajstić information content (AvgIpc) is 2.17. The largest absolute Gasteiger partial charge is 0.396 e. The van der Waals surface area contributed by atoms with E-state index in [9.17, 15) is 0 Å². The number of aliphatic hydroxyl groups is 3. The predicted molar refractivity (Wildman–Crippen MR) is 49.4 cm³/mol. The number of ether oxygens (including phenoxy) is 1. The van der Waals surface area contributed by atoms with Gasteiger partial charge in [0.1, 0.15) is 0 Å². The third-order valence-corrected chi connectivity index (χ3v) is 1.91. The van der Waals surface area contributed by atoms with Gasteiger partial charge in [-0.05, 0) is 12.8 Å². The van der Waals surface area contributed by atoms with E-state index in [-0.39, 0.29) is 19.8 Å². The number of aliphatic hydroxyl groups excluding tert-OH is 3. The van der Waals surface area contributed by atoms with Crippen LogP contribution in [0.3, 0.4) is 0 Å². The van der Waals surface area contributed by atoms with Crippen LogP contribution >= 0.6 is 0 Å². The molecule has 80 valence electrons. The minimum atomic E-state index is -0.542. The molecule has 0 saturated carbocycles. The van der Waals surface area contributed by atoms with Crippen LogP contribution in [0.1, 0.15) is 19.8 Å². The first-order chi connectivity index (χ1) is 6.18. The van der Waals surface area contributed by atoms with E-state index < -0.39 is 5.41 Å². The van der Waals surface area contributed by atoms with Crippen LogP contribution in [0.2, 0.25) is 0 Å². The Kier molecular flexibility index (Phi) is 7.17. The van der Waals surface area contributed by atoms with E-state index in [4.69, 9.17) is 20.1 Å². The van der Waals surface area contributed by atoms with Crippen molar-refractivity contribution in [3.05, 3.63) is 0 Å². The fourth-order valence-electron chi connectivity index (χ4n) is 0.776. The Bertz CT molecular complexity index is 112. The maximum absolute atomic E-state index is 8.91. The molecule has 0 bridgehead atoms. The number of hydrogen-bond donors (Lipinski definition) is 3. The first kappa shape index (κ1) is 12.8. The van der Waals surface area contributed by atoms with Crippen molar-refractivity contribution in [3.8, 4) is 0 Å². The maximum Gasteiger partial charge on any atom is 0.0563 e. The van der Waals surface area contributed by atoms with Gasteiger partial charge in [0.2, 0.25) is 0 Å². The number of hydrogen-bond acceptors (Lipinski definition) is 4. The van der Waals surface area contributed by atoms with Crippen molar-refractivity contribution in [2.24, 2.45) is 5.41 Å². The van der Waals surface area contributed by atoms with Crippen molar-refractivity contribution >= 4 is 0 Å². The lowest BCUT2D eigenvalue weighted by atomic mass is 9.95. The molecule has 0 amide bonds. The van der Waals surface area contributed by atoms with E-state index in [1.165, 1.54) is 0 Å². The highest BCUT2D eigenvalue weighted by atomic mass is 16.5. The highest BCUT2D eigenvalue weighted by Crippen LogP contribution is 2.14. The summed E-state index contributed by atoms with van der Waals surface area (Å²) >= 11 is 0. The van der Waals surface area contributed by atoms with Crippen LogP contribution in [0.5, 0.6) is 0 Å². The van der Waals surface area contributed by atoms with E-state index in [1.807, 2.05) is 0 Å². The first-order valence-corrected chi connectivity index (χ1v) is 4.59. The van der Waals surface area contributed by atoms with E-state index in [1.54, 1.807) is 6.92 Å². The molecule has 0 radical (unpaired) electrons. The lowest BCUT2D eigenvalue weighted by molar-refractivity contribution is -0.0174. The monoisotopic (exact) mass is 192 g/mol. The zero-order chi connectivity index (χ0) is 10.2. The molecule has 4 heteroatoms. The summed E-state index contributed by atoms with van der Waals surface area (Å²) in [4.78, 5) is 0. The molecule has 0 atom stereocenters. The Morgan fingerprint density at radius 2 is 1.69 bits per heavy atom. The van der Waals surface area contributed by atoms with Crippen LogP contribution in [-0.4, -0.2) is 48.4 Å². The SMILES string of the molecule is CC(CO)(CO)COCCCCO. The lowest BCUT2D eigenvalue weighted by Crippen LogP contribution is -2.31. The standard InChI is InChI=1S/C9H20O4/c1-9(6-11,7-12)8-13-5-3-2-4-10/h10-12H,2-8H2,1H3. The van der Waals surface area contributed by atoms with E-state index >= 15 is 0 Å². The molecule has 0 aromatic carbocycles. The highest BCUT2D eigenvalue weighted by Gasteiger charge is 2.22. The lowest BCUT2D eigenvalue weighted by Gasteiger charge is -2.23. The van der Waals surface area contributed by atoms with Gasteiger partial charge in [-0.1, -0.05) is 6.92 Å². The molecule has 0 spiro atoms. The van der Waals surface area contributed by atoms with Crippen LogP contribution in [-0.2, 0) is 4.74 Å². The summed E-state index contributed by atoms with van der Waals surface area (Å²) in [6.07, 6.45) is 1.54. The molecule has 0 aromatic rings. The Hall–Kier alpha value is -0.160. The first-order valence-electron chi connectivity index (χ1n) is 4.59. The van der Waals surface area contributed by atoms with Crippen molar-refractivity contribution in [2.75, 3.05) is 33.0 Å². The summed E-state index contributed by atoms with van der Waals surface area (Å²) in [6.45, 7) is 2.70. The average molecular weight is 192 g/mol. The van der Waals surface area contributed by atoms with Crippen molar-refractivity contribution in [1.29, 1.82) is 0 Å². The molecule has 0 aliphatic rings. The fraction of sp³-hybridized carbons (Fsp3) is 1.00. The third kappa shape index (κ3) is 5.99. The molecule has 4 nitrogen and oxygen atoms in total. The Morgan fingerprint density at radius 3 is 2.15 bits per heavy atom. The van der Waals surface area contributed by atoms with Gasteiger partial charge in [0, 0.05) is 18.6 Å². The van der Waals surface area contributed by atoms with Crippen LogP contribution in [0.25, 0.3) is 0 Å². The van der Waals surface area contributed by atoms with Gasteiger partial charge >= 0.3 is 0 Å². The Morgan fingerprint density at radius 1 is 1.08 bits per heavy atom. The molecular weight excluding hydrogens is 172 g/mol. The summed E-state index contributed by atoms with van der Waals surface area (Å²) in [5.41, 5.74) is -0.542. The van der Waals surface area contributed by atoms with Crippen molar-refractivity contribution in [3.63, 3.8) is 0 Å². The van der Waals surface area contributed by atoms with Crippen molar-refractivity contribution in [2.45, 2.75) is 19.8 Å². The van der Waals surface area contributed by atoms with Gasteiger partial charge in [0.05, 0.1) is 19.8 Å². The quantitative estimate of drug-likeness (QED) is 0.464. The Labute approximate surface area is 79.2 Å². The number of rotatable bonds is 8. The van der Waals surface area contributed by atoms with E-state index in [0.717, 1.165) is 12.8 Å². The maximum atomic E-state index is 8.91. The minimum absolute atomic E-state index is 0.0799. The molecule has 0 heterocycles.